The molecule has 0 aliphatic carbocycles. The number of nitrogens with zero attached hydrogens (tertiary/aromatic N) is 1. The molecular weight excluding hydrogens is 336 g/mol. The van der Waals surface area contributed by atoms with E-state index in [0.29, 0.717) is 24.0 Å². The summed E-state index contributed by atoms with van der Waals surface area (Å²) in [6.45, 7) is 3.12. The van der Waals surface area contributed by atoms with Gasteiger partial charge in [0.15, 0.2) is 0 Å². The molecule has 1 aliphatic heterocycles. The molecule has 1 saturated heterocycles. The number of thioether (sulfide) groups is 1. The van der Waals surface area contributed by atoms with Crippen molar-refractivity contribution in [2.45, 2.75) is 17.1 Å². The lowest BCUT2D eigenvalue weighted by Gasteiger charge is -2.30. The number of benzene rings is 1. The summed E-state index contributed by atoms with van der Waals surface area (Å²) in [6, 6.07) is 4.92. The predicted octanol–water partition coefficient (Wildman–Crippen LogP) is 2.16. The lowest BCUT2D eigenvalue weighted by atomic mass is 10.3. The van der Waals surface area contributed by atoms with Gasteiger partial charge in [-0.2, -0.15) is 16.1 Å². The van der Waals surface area contributed by atoms with Crippen molar-refractivity contribution in [2.24, 2.45) is 0 Å². The molecule has 18 heavy (non-hydrogen) atoms. The van der Waals surface area contributed by atoms with Crippen LogP contribution in [-0.4, -0.2) is 36.8 Å². The van der Waals surface area contributed by atoms with E-state index in [1.807, 2.05) is 6.92 Å². The molecule has 0 aromatic heterocycles. The number of anilines is 1. The van der Waals surface area contributed by atoms with E-state index in [1.165, 1.54) is 4.31 Å². The third-order valence-electron chi connectivity index (χ3n) is 2.80. The average Bonchev–Trinajstić information content (AvgIpc) is 2.32. The van der Waals surface area contributed by atoms with Crippen LogP contribution in [0.3, 0.4) is 0 Å². The summed E-state index contributed by atoms with van der Waals surface area (Å²) in [5.74, 6) is 0.828. The Bertz CT molecular complexity index is 548. The molecule has 1 unspecified atom stereocenters. The lowest BCUT2D eigenvalue weighted by molar-refractivity contribution is 0.424. The van der Waals surface area contributed by atoms with Gasteiger partial charge in [0.05, 0.1) is 5.69 Å². The van der Waals surface area contributed by atoms with E-state index >= 15 is 0 Å². The van der Waals surface area contributed by atoms with Gasteiger partial charge in [-0.3, -0.25) is 0 Å². The Hall–Kier alpha value is -0.240. The molecule has 1 aromatic rings. The van der Waals surface area contributed by atoms with Crippen molar-refractivity contribution in [1.29, 1.82) is 0 Å². The van der Waals surface area contributed by atoms with E-state index < -0.39 is 10.0 Å². The van der Waals surface area contributed by atoms with Crippen LogP contribution in [0.25, 0.3) is 0 Å². The van der Waals surface area contributed by atoms with E-state index in [1.54, 1.807) is 30.0 Å². The highest BCUT2D eigenvalue weighted by molar-refractivity contribution is 9.10. The molecule has 0 radical (unpaired) electrons. The first-order valence-corrected chi connectivity index (χ1v) is 8.86. The fourth-order valence-electron chi connectivity index (χ4n) is 1.88. The largest absolute Gasteiger partial charge is 0.398 e. The van der Waals surface area contributed by atoms with Crippen molar-refractivity contribution in [1.82, 2.24) is 4.31 Å². The van der Waals surface area contributed by atoms with Crippen LogP contribution in [0.2, 0.25) is 0 Å². The zero-order chi connectivity index (χ0) is 13.3. The molecule has 100 valence electrons. The summed E-state index contributed by atoms with van der Waals surface area (Å²) >= 11 is 5.08. The van der Waals surface area contributed by atoms with Crippen LogP contribution in [0.1, 0.15) is 6.92 Å². The monoisotopic (exact) mass is 350 g/mol. The second-order valence-electron chi connectivity index (χ2n) is 4.23. The van der Waals surface area contributed by atoms with Gasteiger partial charge < -0.3 is 5.73 Å². The summed E-state index contributed by atoms with van der Waals surface area (Å²) in [7, 11) is -3.48. The Kier molecular flexibility index (Phi) is 4.25. The molecule has 0 amide bonds. The molecule has 0 spiro atoms. The highest BCUT2D eigenvalue weighted by atomic mass is 79.9. The van der Waals surface area contributed by atoms with Crippen LogP contribution in [0.4, 0.5) is 5.69 Å². The second kappa shape index (κ2) is 5.40. The van der Waals surface area contributed by atoms with Crippen LogP contribution < -0.4 is 5.73 Å². The van der Waals surface area contributed by atoms with Crippen molar-refractivity contribution in [3.05, 3.63) is 22.7 Å². The van der Waals surface area contributed by atoms with Crippen LogP contribution in [0.15, 0.2) is 27.6 Å². The molecule has 0 saturated carbocycles. The number of sulfonamides is 1. The minimum atomic E-state index is -3.48. The average molecular weight is 351 g/mol. The van der Waals surface area contributed by atoms with Gasteiger partial charge in [-0.1, -0.05) is 22.9 Å². The fraction of sp³-hybridized carbons (Fsp3) is 0.455. The first-order chi connectivity index (χ1) is 8.41. The van der Waals surface area contributed by atoms with E-state index in [4.69, 9.17) is 5.73 Å². The van der Waals surface area contributed by atoms with Crippen molar-refractivity contribution in [3.8, 4) is 0 Å². The highest BCUT2D eigenvalue weighted by Crippen LogP contribution is 2.29. The summed E-state index contributed by atoms with van der Waals surface area (Å²) in [6.07, 6.45) is 0. The number of hydrogen-bond donors (Lipinski definition) is 1. The highest BCUT2D eigenvalue weighted by Gasteiger charge is 2.30. The van der Waals surface area contributed by atoms with Gasteiger partial charge in [-0.25, -0.2) is 8.42 Å². The van der Waals surface area contributed by atoms with E-state index in [0.717, 1.165) is 10.2 Å². The minimum absolute atomic E-state index is 0.191. The maximum Gasteiger partial charge on any atom is 0.245 e. The molecule has 2 N–H and O–H groups in total. The number of nitrogens with two attached hydrogens (primary N) is 1. The molecule has 2 rings (SSSR count). The maximum absolute atomic E-state index is 12.5. The van der Waals surface area contributed by atoms with Crippen LogP contribution in [0.5, 0.6) is 0 Å². The van der Waals surface area contributed by atoms with Crippen LogP contribution >= 0.6 is 27.7 Å². The molecule has 1 aliphatic rings. The van der Waals surface area contributed by atoms with Crippen LogP contribution in [0, 0.1) is 0 Å². The van der Waals surface area contributed by atoms with Gasteiger partial charge in [-0.05, 0) is 18.2 Å². The van der Waals surface area contributed by atoms with Crippen molar-refractivity contribution in [3.63, 3.8) is 0 Å². The van der Waals surface area contributed by atoms with Crippen molar-refractivity contribution < 1.29 is 8.42 Å². The Labute approximate surface area is 120 Å². The Morgan fingerprint density at radius 2 is 2.22 bits per heavy atom. The normalized spacial score (nSPS) is 22.0. The van der Waals surface area contributed by atoms with Gasteiger partial charge >= 0.3 is 0 Å². The van der Waals surface area contributed by atoms with E-state index in [9.17, 15) is 8.42 Å². The van der Waals surface area contributed by atoms with Crippen molar-refractivity contribution >= 4 is 43.4 Å². The zero-order valence-electron chi connectivity index (χ0n) is 9.97. The number of halogens is 1. The fourth-order valence-corrected chi connectivity index (χ4v) is 5.28. The summed E-state index contributed by atoms with van der Waals surface area (Å²) in [5, 5.41) is 0.321. The third-order valence-corrected chi connectivity index (χ3v) is 6.35. The Balaban J connectivity index is 2.38. The third kappa shape index (κ3) is 2.84. The molecule has 1 fully saturated rings. The van der Waals surface area contributed by atoms with E-state index in [-0.39, 0.29) is 4.90 Å². The van der Waals surface area contributed by atoms with Gasteiger partial charge in [0.1, 0.15) is 4.90 Å². The van der Waals surface area contributed by atoms with E-state index in [2.05, 4.69) is 15.9 Å². The summed E-state index contributed by atoms with van der Waals surface area (Å²) in [5.41, 5.74) is 6.08. The number of nitrogen functional groups attached to an aromatic ring is 1. The molecule has 7 heteroatoms. The number of rotatable bonds is 2. The van der Waals surface area contributed by atoms with Gasteiger partial charge in [-0.15, -0.1) is 0 Å². The van der Waals surface area contributed by atoms with Gasteiger partial charge in [0, 0.05) is 28.6 Å². The van der Waals surface area contributed by atoms with Crippen molar-refractivity contribution in [2.75, 3.05) is 24.6 Å². The SMILES string of the molecule is CC1CN(S(=O)(=O)c2cc(Br)ccc2N)CCS1. The zero-order valence-corrected chi connectivity index (χ0v) is 13.2. The molecule has 4 nitrogen and oxygen atoms in total. The minimum Gasteiger partial charge on any atom is -0.398 e. The molecule has 1 aromatic carbocycles. The topological polar surface area (TPSA) is 63.4 Å². The first kappa shape index (κ1) is 14.2. The molecular formula is C11H15BrN2O2S2. The molecule has 1 atom stereocenters. The quantitative estimate of drug-likeness (QED) is 0.830. The molecule has 0 bridgehead atoms. The number of hydrogen-bond acceptors (Lipinski definition) is 4. The Morgan fingerprint density at radius 3 is 2.89 bits per heavy atom. The van der Waals surface area contributed by atoms with Gasteiger partial charge in [0.2, 0.25) is 10.0 Å². The second-order valence-corrected chi connectivity index (χ2v) is 8.59. The summed E-state index contributed by atoms with van der Waals surface area (Å²) in [4.78, 5) is 0.191. The van der Waals surface area contributed by atoms with Gasteiger partial charge in [0.25, 0.3) is 0 Å². The summed E-state index contributed by atoms with van der Waals surface area (Å²) < 4.78 is 27.3. The maximum atomic E-state index is 12.5. The van der Waals surface area contributed by atoms with Crippen LogP contribution in [-0.2, 0) is 10.0 Å². The standard InChI is InChI=1S/C11H15BrN2O2S2/c1-8-7-14(4-5-17-8)18(15,16)11-6-9(12)2-3-10(11)13/h2-3,6,8H,4-5,7,13H2,1H3. The Morgan fingerprint density at radius 1 is 1.50 bits per heavy atom. The smallest absolute Gasteiger partial charge is 0.245 e. The predicted molar refractivity (Wildman–Crippen MR) is 79.2 cm³/mol. The first-order valence-electron chi connectivity index (χ1n) is 5.58. The molecule has 1 heterocycles. The lowest BCUT2D eigenvalue weighted by Crippen LogP contribution is -2.41.